The molecular weight excluding hydrogens is 446 g/mol. The summed E-state index contributed by atoms with van der Waals surface area (Å²) in [5.74, 6) is 0.666. The van der Waals surface area contributed by atoms with Gasteiger partial charge >= 0.3 is 5.69 Å². The third kappa shape index (κ3) is 3.03. The molecule has 2 heterocycles. The quantitative estimate of drug-likeness (QED) is 0.521. The zero-order chi connectivity index (χ0) is 17.4. The summed E-state index contributed by atoms with van der Waals surface area (Å²) < 4.78 is 2.89. The summed E-state index contributed by atoms with van der Waals surface area (Å²) in [7, 11) is 0. The number of anilines is 1. The maximum Gasteiger partial charge on any atom is 0.312 e. The molecule has 0 saturated carbocycles. The highest BCUT2D eigenvalue weighted by Gasteiger charge is 2.29. The molecule has 0 aliphatic carbocycles. The van der Waals surface area contributed by atoms with Crippen LogP contribution in [0.3, 0.4) is 0 Å². The van der Waals surface area contributed by atoms with E-state index in [0.717, 1.165) is 13.0 Å². The van der Waals surface area contributed by atoms with E-state index < -0.39 is 4.92 Å². The van der Waals surface area contributed by atoms with E-state index in [2.05, 4.69) is 36.8 Å². The fourth-order valence-corrected chi connectivity index (χ4v) is 3.85. The Kier molecular flexibility index (Phi) is 5.09. The van der Waals surface area contributed by atoms with E-state index in [1.807, 2.05) is 15.5 Å². The summed E-state index contributed by atoms with van der Waals surface area (Å²) in [4.78, 5) is 17.7. The predicted molar refractivity (Wildman–Crippen MR) is 98.3 cm³/mol. The van der Waals surface area contributed by atoms with Crippen molar-refractivity contribution >= 4 is 54.5 Å². The molecule has 1 unspecified atom stereocenters. The molecule has 1 atom stereocenters. The van der Waals surface area contributed by atoms with E-state index in [-0.39, 0.29) is 18.3 Å². The van der Waals surface area contributed by atoms with Gasteiger partial charge < -0.3 is 20.3 Å². The van der Waals surface area contributed by atoms with Crippen LogP contribution in [0.4, 0.5) is 11.6 Å². The van der Waals surface area contributed by atoms with Gasteiger partial charge in [0.2, 0.25) is 5.95 Å². The molecule has 1 aromatic carbocycles. The molecule has 10 heteroatoms. The molecule has 1 fully saturated rings. The monoisotopic (exact) mass is 461 g/mol. The first-order valence-corrected chi connectivity index (χ1v) is 9.16. The number of nitro groups is 1. The second-order valence-corrected chi connectivity index (χ2v) is 7.43. The first-order valence-electron chi connectivity index (χ1n) is 7.58. The van der Waals surface area contributed by atoms with E-state index in [4.69, 9.17) is 5.73 Å². The van der Waals surface area contributed by atoms with Gasteiger partial charge in [-0.05, 0) is 50.8 Å². The SMILES string of the molecule is NC1CCN(c2nc3c([N+](=O)[O-])c(Br)c(Br)cc3n2CCCO)C1. The van der Waals surface area contributed by atoms with E-state index in [1.165, 1.54) is 0 Å². The molecule has 3 rings (SSSR count). The molecule has 0 amide bonds. The van der Waals surface area contributed by atoms with Crippen molar-refractivity contribution in [2.45, 2.75) is 25.4 Å². The number of nitro benzene ring substituents is 1. The zero-order valence-corrected chi connectivity index (χ0v) is 16.0. The number of halogens is 2. The smallest absolute Gasteiger partial charge is 0.312 e. The number of aromatic nitrogens is 2. The summed E-state index contributed by atoms with van der Waals surface area (Å²) >= 11 is 6.63. The van der Waals surface area contributed by atoms with Gasteiger partial charge in [-0.3, -0.25) is 10.1 Å². The van der Waals surface area contributed by atoms with Crippen LogP contribution in [0.1, 0.15) is 12.8 Å². The summed E-state index contributed by atoms with van der Waals surface area (Å²) in [5.41, 5.74) is 6.93. The van der Waals surface area contributed by atoms with Gasteiger partial charge in [-0.1, -0.05) is 0 Å². The van der Waals surface area contributed by atoms with Crippen LogP contribution in [0.2, 0.25) is 0 Å². The molecule has 0 bridgehead atoms. The normalized spacial score (nSPS) is 17.8. The van der Waals surface area contributed by atoms with Gasteiger partial charge in [-0.25, -0.2) is 4.98 Å². The van der Waals surface area contributed by atoms with Gasteiger partial charge in [0, 0.05) is 36.8 Å². The Morgan fingerprint density at radius 3 is 2.83 bits per heavy atom. The number of rotatable bonds is 5. The van der Waals surface area contributed by atoms with Gasteiger partial charge in [0.15, 0.2) is 5.52 Å². The molecule has 0 spiro atoms. The number of nitrogens with two attached hydrogens (primary N) is 1. The zero-order valence-electron chi connectivity index (χ0n) is 12.8. The number of nitrogens with zero attached hydrogens (tertiary/aromatic N) is 4. The van der Waals surface area contributed by atoms with Crippen LogP contribution in [0.5, 0.6) is 0 Å². The fraction of sp³-hybridized carbons (Fsp3) is 0.500. The first kappa shape index (κ1) is 17.6. The number of aliphatic hydroxyl groups excluding tert-OH is 1. The molecule has 1 saturated heterocycles. The van der Waals surface area contributed by atoms with Gasteiger partial charge in [-0.15, -0.1) is 0 Å². The highest BCUT2D eigenvalue weighted by molar-refractivity contribution is 9.13. The van der Waals surface area contributed by atoms with Crippen molar-refractivity contribution in [1.29, 1.82) is 0 Å². The lowest BCUT2D eigenvalue weighted by molar-refractivity contribution is -0.384. The lowest BCUT2D eigenvalue weighted by Crippen LogP contribution is -2.28. The highest BCUT2D eigenvalue weighted by atomic mass is 79.9. The predicted octanol–water partition coefficient (Wildman–Crippen LogP) is 2.39. The summed E-state index contributed by atoms with van der Waals surface area (Å²) in [6.45, 7) is 2.00. The first-order chi connectivity index (χ1) is 11.4. The maximum absolute atomic E-state index is 11.5. The van der Waals surface area contributed by atoms with Crippen molar-refractivity contribution in [3.05, 3.63) is 25.1 Å². The van der Waals surface area contributed by atoms with Crippen LogP contribution in [-0.4, -0.2) is 45.3 Å². The largest absolute Gasteiger partial charge is 0.396 e. The average Bonchev–Trinajstić information content (AvgIpc) is 3.09. The Morgan fingerprint density at radius 1 is 1.50 bits per heavy atom. The molecule has 24 heavy (non-hydrogen) atoms. The second-order valence-electron chi connectivity index (χ2n) is 5.78. The average molecular weight is 463 g/mol. The number of aliphatic hydroxyl groups is 1. The van der Waals surface area contributed by atoms with Gasteiger partial charge in [0.25, 0.3) is 0 Å². The minimum atomic E-state index is -0.430. The maximum atomic E-state index is 11.5. The summed E-state index contributed by atoms with van der Waals surface area (Å²) in [6, 6.07) is 1.89. The Balaban J connectivity index is 2.23. The van der Waals surface area contributed by atoms with E-state index in [0.29, 0.717) is 45.4 Å². The van der Waals surface area contributed by atoms with E-state index >= 15 is 0 Å². The minimum Gasteiger partial charge on any atom is -0.396 e. The third-order valence-electron chi connectivity index (χ3n) is 4.12. The molecular formula is C14H17Br2N5O3. The lowest BCUT2D eigenvalue weighted by atomic mass is 10.2. The van der Waals surface area contributed by atoms with E-state index in [1.54, 1.807) is 0 Å². The van der Waals surface area contributed by atoms with Crippen molar-refractivity contribution in [3.8, 4) is 0 Å². The Hall–Kier alpha value is -1.23. The number of aryl methyl sites for hydroxylation is 1. The van der Waals surface area contributed by atoms with Crippen LogP contribution in [0.15, 0.2) is 15.0 Å². The van der Waals surface area contributed by atoms with Crippen molar-refractivity contribution in [3.63, 3.8) is 0 Å². The number of hydrogen-bond acceptors (Lipinski definition) is 6. The molecule has 1 aliphatic heterocycles. The standard InChI is InChI=1S/C14H17Br2N5O3/c15-9-6-10-12(13(11(9)16)21(23)24)18-14(20(10)3-1-5-22)19-4-2-8(17)7-19/h6,8,22H,1-5,7,17H2. The Labute approximate surface area is 155 Å². The molecule has 1 aliphatic rings. The van der Waals surface area contributed by atoms with Crippen LogP contribution < -0.4 is 10.6 Å². The highest BCUT2D eigenvalue weighted by Crippen LogP contribution is 2.40. The third-order valence-corrected chi connectivity index (χ3v) is 6.08. The van der Waals surface area contributed by atoms with Crippen LogP contribution in [0.25, 0.3) is 11.0 Å². The number of imidazole rings is 1. The van der Waals surface area contributed by atoms with Crippen LogP contribution in [0, 0.1) is 10.1 Å². The summed E-state index contributed by atoms with van der Waals surface area (Å²) in [5, 5.41) is 20.7. The number of benzene rings is 1. The molecule has 8 nitrogen and oxygen atoms in total. The molecule has 1 aromatic heterocycles. The van der Waals surface area contributed by atoms with Gasteiger partial charge in [0.1, 0.15) is 4.47 Å². The minimum absolute atomic E-state index is 0.0401. The fourth-order valence-electron chi connectivity index (χ4n) is 3.00. The van der Waals surface area contributed by atoms with Gasteiger partial charge in [-0.2, -0.15) is 0 Å². The van der Waals surface area contributed by atoms with Crippen molar-refractivity contribution in [2.24, 2.45) is 5.73 Å². The van der Waals surface area contributed by atoms with Crippen LogP contribution >= 0.6 is 31.9 Å². The Morgan fingerprint density at radius 2 is 2.25 bits per heavy atom. The molecule has 2 aromatic rings. The van der Waals surface area contributed by atoms with Crippen molar-refractivity contribution in [1.82, 2.24) is 9.55 Å². The molecule has 3 N–H and O–H groups in total. The number of fused-ring (bicyclic) bond motifs is 1. The van der Waals surface area contributed by atoms with E-state index in [9.17, 15) is 15.2 Å². The van der Waals surface area contributed by atoms with Gasteiger partial charge in [0.05, 0.1) is 10.4 Å². The molecule has 0 radical (unpaired) electrons. The summed E-state index contributed by atoms with van der Waals surface area (Å²) in [6.07, 6.45) is 1.40. The van der Waals surface area contributed by atoms with Crippen molar-refractivity contribution in [2.75, 3.05) is 24.6 Å². The number of hydrogen-bond donors (Lipinski definition) is 2. The second kappa shape index (κ2) is 6.95. The molecule has 130 valence electrons. The van der Waals surface area contributed by atoms with Crippen molar-refractivity contribution < 1.29 is 10.0 Å². The van der Waals surface area contributed by atoms with Crippen LogP contribution in [-0.2, 0) is 6.54 Å². The lowest BCUT2D eigenvalue weighted by Gasteiger charge is -2.18. The topological polar surface area (TPSA) is 110 Å². The Bertz CT molecular complexity index is 795.